The molecule has 2 heterocycles. The second-order valence-corrected chi connectivity index (χ2v) is 6.16. The lowest BCUT2D eigenvalue weighted by molar-refractivity contribution is 0.511. The number of hydrogen-bond acceptors (Lipinski definition) is 3. The van der Waals surface area contributed by atoms with E-state index in [-0.39, 0.29) is 5.03 Å². The van der Waals surface area contributed by atoms with E-state index in [1.807, 2.05) is 11.5 Å². The first kappa shape index (κ1) is 11.0. The summed E-state index contributed by atoms with van der Waals surface area (Å²) in [7, 11) is 1.67. The molecular formula is C9H13ClN2O2S. The Labute approximate surface area is 93.7 Å². The van der Waals surface area contributed by atoms with Crippen molar-refractivity contribution in [3.05, 3.63) is 11.5 Å². The van der Waals surface area contributed by atoms with Crippen molar-refractivity contribution in [2.24, 2.45) is 0 Å². The predicted molar refractivity (Wildman–Crippen MR) is 57.6 cm³/mol. The zero-order valence-corrected chi connectivity index (χ0v) is 10.1. The first-order chi connectivity index (χ1) is 7.04. The minimum absolute atomic E-state index is 0.0701. The van der Waals surface area contributed by atoms with E-state index in [4.69, 9.17) is 10.7 Å². The van der Waals surface area contributed by atoms with E-state index in [2.05, 4.69) is 4.98 Å². The van der Waals surface area contributed by atoms with Crippen LogP contribution in [0.15, 0.2) is 5.03 Å². The van der Waals surface area contributed by atoms with Crippen LogP contribution >= 0.6 is 10.7 Å². The van der Waals surface area contributed by atoms with Crippen LogP contribution in [-0.2, 0) is 28.4 Å². The number of nitrogens with zero attached hydrogens (tertiary/aromatic N) is 2. The van der Waals surface area contributed by atoms with Crippen LogP contribution in [0.4, 0.5) is 0 Å². The van der Waals surface area contributed by atoms with Crippen molar-refractivity contribution in [2.75, 3.05) is 0 Å². The van der Waals surface area contributed by atoms with Crippen molar-refractivity contribution in [1.29, 1.82) is 0 Å². The first-order valence-electron chi connectivity index (χ1n) is 5.07. The van der Waals surface area contributed by atoms with Crippen LogP contribution in [0.25, 0.3) is 0 Å². The van der Waals surface area contributed by atoms with Crippen molar-refractivity contribution in [3.63, 3.8) is 0 Å². The highest BCUT2D eigenvalue weighted by Crippen LogP contribution is 2.26. The van der Waals surface area contributed by atoms with E-state index in [9.17, 15) is 8.42 Å². The molecule has 1 aromatic rings. The highest BCUT2D eigenvalue weighted by Gasteiger charge is 2.26. The van der Waals surface area contributed by atoms with E-state index in [1.165, 1.54) is 0 Å². The standard InChI is InChI=1S/C9H13ClN2O2S/c1-2-8-11-9(15(10,13)14)7-5-3-4-6-12(7)8/h2-6H2,1H3. The van der Waals surface area contributed by atoms with E-state index in [0.717, 1.165) is 43.7 Å². The van der Waals surface area contributed by atoms with E-state index < -0.39 is 9.05 Å². The lowest BCUT2D eigenvalue weighted by Crippen LogP contribution is -2.13. The van der Waals surface area contributed by atoms with Gasteiger partial charge in [0, 0.05) is 23.6 Å². The fraction of sp³-hybridized carbons (Fsp3) is 0.667. The minimum Gasteiger partial charge on any atom is -0.331 e. The lowest BCUT2D eigenvalue weighted by Gasteiger charge is -2.16. The Hall–Kier alpha value is -0.550. The van der Waals surface area contributed by atoms with Gasteiger partial charge in [-0.05, 0) is 19.3 Å². The Balaban J connectivity index is 2.62. The molecule has 0 unspecified atom stereocenters. The number of aryl methyl sites for hydroxylation is 1. The molecule has 0 bridgehead atoms. The number of imidazole rings is 1. The first-order valence-corrected chi connectivity index (χ1v) is 7.38. The van der Waals surface area contributed by atoms with Crippen molar-refractivity contribution in [1.82, 2.24) is 9.55 Å². The molecule has 1 aromatic heterocycles. The average Bonchev–Trinajstić information content (AvgIpc) is 2.55. The van der Waals surface area contributed by atoms with Crippen LogP contribution in [0.2, 0.25) is 0 Å². The monoisotopic (exact) mass is 248 g/mol. The molecule has 0 amide bonds. The summed E-state index contributed by atoms with van der Waals surface area (Å²) in [6, 6.07) is 0. The average molecular weight is 249 g/mol. The molecule has 0 atom stereocenters. The van der Waals surface area contributed by atoms with Gasteiger partial charge in [0.2, 0.25) is 0 Å². The van der Waals surface area contributed by atoms with Gasteiger partial charge in [-0.2, -0.15) is 0 Å². The highest BCUT2D eigenvalue weighted by molar-refractivity contribution is 8.13. The molecule has 0 saturated heterocycles. The van der Waals surface area contributed by atoms with Gasteiger partial charge in [-0.1, -0.05) is 6.92 Å². The molecule has 0 spiro atoms. The summed E-state index contributed by atoms with van der Waals surface area (Å²) in [5.74, 6) is 0.823. The Kier molecular flexibility index (Phi) is 2.77. The molecule has 6 heteroatoms. The molecule has 15 heavy (non-hydrogen) atoms. The Morgan fingerprint density at radius 1 is 1.47 bits per heavy atom. The topological polar surface area (TPSA) is 52.0 Å². The SMILES string of the molecule is CCc1nc(S(=O)(=O)Cl)c2n1CCCC2. The molecule has 0 aromatic carbocycles. The van der Waals surface area contributed by atoms with Crippen LogP contribution in [0.5, 0.6) is 0 Å². The fourth-order valence-electron chi connectivity index (χ4n) is 2.05. The van der Waals surface area contributed by atoms with Crippen LogP contribution in [0.3, 0.4) is 0 Å². The summed E-state index contributed by atoms with van der Waals surface area (Å²) in [6.07, 6.45) is 3.58. The number of aromatic nitrogens is 2. The maximum Gasteiger partial charge on any atom is 0.280 e. The Morgan fingerprint density at radius 3 is 2.80 bits per heavy atom. The van der Waals surface area contributed by atoms with Crippen molar-refractivity contribution < 1.29 is 8.42 Å². The van der Waals surface area contributed by atoms with Crippen molar-refractivity contribution in [2.45, 2.75) is 44.2 Å². The van der Waals surface area contributed by atoms with Gasteiger partial charge in [0.05, 0.1) is 5.69 Å². The van der Waals surface area contributed by atoms with Gasteiger partial charge in [-0.15, -0.1) is 0 Å². The Bertz CT molecular complexity index is 479. The molecule has 0 N–H and O–H groups in total. The second-order valence-electron chi connectivity index (χ2n) is 3.68. The van der Waals surface area contributed by atoms with Crippen LogP contribution in [0, 0.1) is 0 Å². The summed E-state index contributed by atoms with van der Waals surface area (Å²) < 4.78 is 24.6. The Morgan fingerprint density at radius 2 is 2.20 bits per heavy atom. The third-order valence-electron chi connectivity index (χ3n) is 2.71. The van der Waals surface area contributed by atoms with Crippen molar-refractivity contribution in [3.8, 4) is 0 Å². The molecule has 2 rings (SSSR count). The second kappa shape index (κ2) is 3.79. The molecule has 4 nitrogen and oxygen atoms in total. The number of rotatable bonds is 2. The molecular weight excluding hydrogens is 236 g/mol. The predicted octanol–water partition coefficient (Wildman–Crippen LogP) is 1.71. The van der Waals surface area contributed by atoms with Gasteiger partial charge in [0.25, 0.3) is 9.05 Å². The van der Waals surface area contributed by atoms with Crippen LogP contribution in [-0.4, -0.2) is 18.0 Å². The minimum atomic E-state index is -3.69. The quantitative estimate of drug-likeness (QED) is 0.749. The smallest absolute Gasteiger partial charge is 0.280 e. The van der Waals surface area contributed by atoms with Crippen LogP contribution in [0.1, 0.15) is 31.3 Å². The zero-order chi connectivity index (χ0) is 11.1. The number of halogens is 1. The van der Waals surface area contributed by atoms with Gasteiger partial charge >= 0.3 is 0 Å². The van der Waals surface area contributed by atoms with Gasteiger partial charge in [0.15, 0.2) is 5.03 Å². The summed E-state index contributed by atoms with van der Waals surface area (Å²) in [5.41, 5.74) is 0.785. The fourth-order valence-corrected chi connectivity index (χ4v) is 3.13. The van der Waals surface area contributed by atoms with Crippen LogP contribution < -0.4 is 0 Å². The molecule has 1 aliphatic heterocycles. The van der Waals surface area contributed by atoms with Gasteiger partial charge in [-0.3, -0.25) is 0 Å². The normalized spacial score (nSPS) is 16.4. The van der Waals surface area contributed by atoms with Gasteiger partial charge in [0.1, 0.15) is 5.82 Å². The molecule has 0 saturated carbocycles. The summed E-state index contributed by atoms with van der Waals surface area (Å²) in [4.78, 5) is 4.12. The molecule has 0 aliphatic carbocycles. The zero-order valence-electron chi connectivity index (χ0n) is 8.53. The van der Waals surface area contributed by atoms with Gasteiger partial charge in [-0.25, -0.2) is 13.4 Å². The highest BCUT2D eigenvalue weighted by atomic mass is 35.7. The third kappa shape index (κ3) is 1.90. The van der Waals surface area contributed by atoms with E-state index >= 15 is 0 Å². The van der Waals surface area contributed by atoms with Gasteiger partial charge < -0.3 is 4.57 Å². The maximum absolute atomic E-state index is 11.3. The summed E-state index contributed by atoms with van der Waals surface area (Å²) >= 11 is 0. The lowest BCUT2D eigenvalue weighted by atomic mass is 10.1. The third-order valence-corrected chi connectivity index (χ3v) is 3.93. The summed E-state index contributed by atoms with van der Waals surface area (Å²) in [5, 5.41) is 0.0701. The van der Waals surface area contributed by atoms with Crippen molar-refractivity contribution >= 4 is 19.7 Å². The molecule has 0 fully saturated rings. The van der Waals surface area contributed by atoms with E-state index in [1.54, 1.807) is 0 Å². The largest absolute Gasteiger partial charge is 0.331 e. The molecule has 0 radical (unpaired) electrons. The van der Waals surface area contributed by atoms with E-state index in [0.29, 0.717) is 0 Å². The summed E-state index contributed by atoms with van der Waals surface area (Å²) in [6.45, 7) is 2.83. The maximum atomic E-state index is 11.3. The molecule has 84 valence electrons. The number of fused-ring (bicyclic) bond motifs is 1. The molecule has 1 aliphatic rings. The number of hydrogen-bond donors (Lipinski definition) is 0.